The van der Waals surface area contributed by atoms with E-state index in [1.54, 1.807) is 14.2 Å². The van der Waals surface area contributed by atoms with E-state index in [1.807, 2.05) is 4.90 Å². The van der Waals surface area contributed by atoms with Crippen molar-refractivity contribution in [3.63, 3.8) is 0 Å². The molecule has 116 valence electrons. The van der Waals surface area contributed by atoms with Crippen molar-refractivity contribution in [2.75, 3.05) is 40.5 Å². The minimum atomic E-state index is -0.0677. The smallest absolute Gasteiger partial charge is 0.317 e. The average molecular weight is 284 g/mol. The van der Waals surface area contributed by atoms with Gasteiger partial charge in [0.05, 0.1) is 19.3 Å². The summed E-state index contributed by atoms with van der Waals surface area (Å²) in [6.45, 7) is 2.75. The van der Waals surface area contributed by atoms with Crippen LogP contribution in [-0.4, -0.2) is 57.5 Å². The number of hydrogen-bond acceptors (Lipinski definition) is 3. The molecule has 2 fully saturated rings. The van der Waals surface area contributed by atoms with Crippen molar-refractivity contribution in [1.29, 1.82) is 0 Å². The molecule has 1 aliphatic carbocycles. The summed E-state index contributed by atoms with van der Waals surface area (Å²) >= 11 is 0. The first-order valence-electron chi connectivity index (χ1n) is 7.78. The third kappa shape index (κ3) is 4.09. The highest BCUT2D eigenvalue weighted by atomic mass is 16.5. The topological polar surface area (TPSA) is 50.8 Å². The highest BCUT2D eigenvalue weighted by Gasteiger charge is 2.31. The van der Waals surface area contributed by atoms with E-state index in [9.17, 15) is 4.79 Å². The third-order valence-electron chi connectivity index (χ3n) is 4.71. The second-order valence-corrected chi connectivity index (χ2v) is 6.07. The summed E-state index contributed by atoms with van der Waals surface area (Å²) in [6.07, 6.45) is 6.54. The van der Waals surface area contributed by atoms with Crippen LogP contribution in [0.25, 0.3) is 0 Å². The Morgan fingerprint density at radius 1 is 1.10 bits per heavy atom. The van der Waals surface area contributed by atoms with Gasteiger partial charge in [0.15, 0.2) is 0 Å². The van der Waals surface area contributed by atoms with Crippen LogP contribution in [0, 0.1) is 11.8 Å². The van der Waals surface area contributed by atoms with E-state index in [4.69, 9.17) is 9.47 Å². The van der Waals surface area contributed by atoms with Gasteiger partial charge in [0.25, 0.3) is 0 Å². The monoisotopic (exact) mass is 284 g/mol. The normalized spacial score (nSPS) is 21.1. The number of carbonyl (C=O) groups is 1. The molecule has 2 rings (SSSR count). The number of carbonyl (C=O) groups excluding carboxylic acids is 1. The molecule has 0 bridgehead atoms. The molecule has 1 N–H and O–H groups in total. The molecule has 1 saturated carbocycles. The Labute approximate surface area is 122 Å². The highest BCUT2D eigenvalue weighted by Crippen LogP contribution is 2.38. The molecule has 0 unspecified atom stereocenters. The van der Waals surface area contributed by atoms with Gasteiger partial charge in [-0.15, -0.1) is 0 Å². The van der Waals surface area contributed by atoms with Gasteiger partial charge < -0.3 is 19.7 Å². The minimum absolute atomic E-state index is 0.0242. The highest BCUT2D eigenvalue weighted by molar-refractivity contribution is 5.74. The van der Waals surface area contributed by atoms with Crippen LogP contribution in [0.5, 0.6) is 0 Å². The number of rotatable bonds is 6. The first kappa shape index (κ1) is 15.6. The number of nitrogens with zero attached hydrogens (tertiary/aromatic N) is 1. The van der Waals surface area contributed by atoms with Gasteiger partial charge >= 0.3 is 6.03 Å². The first-order valence-corrected chi connectivity index (χ1v) is 7.78. The van der Waals surface area contributed by atoms with Crippen molar-refractivity contribution in [3.05, 3.63) is 0 Å². The number of piperidine rings is 1. The summed E-state index contributed by atoms with van der Waals surface area (Å²) in [6, 6.07) is -0.0435. The summed E-state index contributed by atoms with van der Waals surface area (Å²) in [7, 11) is 3.28. The van der Waals surface area contributed by atoms with Crippen LogP contribution in [0.2, 0.25) is 0 Å². The zero-order valence-corrected chi connectivity index (χ0v) is 12.8. The number of nitrogens with one attached hydrogen (secondary N) is 1. The lowest BCUT2D eigenvalue weighted by atomic mass is 9.72. The Bertz CT molecular complexity index is 293. The Morgan fingerprint density at radius 2 is 1.65 bits per heavy atom. The molecule has 2 amide bonds. The zero-order valence-electron chi connectivity index (χ0n) is 12.8. The molecule has 1 aliphatic heterocycles. The van der Waals surface area contributed by atoms with Gasteiger partial charge in [-0.3, -0.25) is 0 Å². The van der Waals surface area contributed by atoms with Crippen molar-refractivity contribution in [1.82, 2.24) is 10.2 Å². The quantitative estimate of drug-likeness (QED) is 0.810. The van der Waals surface area contributed by atoms with Gasteiger partial charge in [-0.05, 0) is 24.7 Å². The van der Waals surface area contributed by atoms with E-state index >= 15 is 0 Å². The maximum Gasteiger partial charge on any atom is 0.317 e. The molecule has 0 atom stereocenters. The van der Waals surface area contributed by atoms with E-state index in [0.717, 1.165) is 37.8 Å². The number of ether oxygens (including phenoxy) is 2. The molecule has 0 aromatic carbocycles. The lowest BCUT2D eigenvalue weighted by molar-refractivity contribution is 0.0914. The van der Waals surface area contributed by atoms with Crippen molar-refractivity contribution in [2.45, 2.75) is 38.1 Å². The van der Waals surface area contributed by atoms with Crippen molar-refractivity contribution in [2.24, 2.45) is 11.8 Å². The molecule has 5 nitrogen and oxygen atoms in total. The lowest BCUT2D eigenvalue weighted by Gasteiger charge is -2.40. The molecular weight excluding hydrogens is 256 g/mol. The predicted molar refractivity (Wildman–Crippen MR) is 77.7 cm³/mol. The Morgan fingerprint density at radius 3 is 2.10 bits per heavy atom. The molecule has 1 saturated heterocycles. The minimum Gasteiger partial charge on any atom is -0.382 e. The number of hydrogen-bond donors (Lipinski definition) is 1. The van der Waals surface area contributed by atoms with Gasteiger partial charge in [-0.1, -0.05) is 19.3 Å². The third-order valence-corrected chi connectivity index (χ3v) is 4.71. The van der Waals surface area contributed by atoms with Crippen LogP contribution in [-0.2, 0) is 9.47 Å². The summed E-state index contributed by atoms with van der Waals surface area (Å²) in [5.74, 6) is 1.79. The van der Waals surface area contributed by atoms with Crippen LogP contribution in [0.1, 0.15) is 32.1 Å². The molecule has 0 radical (unpaired) electrons. The fourth-order valence-corrected chi connectivity index (χ4v) is 3.28. The zero-order chi connectivity index (χ0) is 14.4. The average Bonchev–Trinajstić information content (AvgIpc) is 2.38. The lowest BCUT2D eigenvalue weighted by Crippen LogP contribution is -2.51. The molecule has 5 heteroatoms. The van der Waals surface area contributed by atoms with Crippen molar-refractivity contribution in [3.8, 4) is 0 Å². The molecule has 1 heterocycles. The van der Waals surface area contributed by atoms with E-state index in [1.165, 1.54) is 19.3 Å². The maximum absolute atomic E-state index is 12.2. The van der Waals surface area contributed by atoms with E-state index in [0.29, 0.717) is 13.2 Å². The van der Waals surface area contributed by atoms with Crippen molar-refractivity contribution < 1.29 is 14.3 Å². The number of amides is 2. The molecule has 2 aliphatic rings. The van der Waals surface area contributed by atoms with E-state index in [2.05, 4.69) is 5.32 Å². The van der Waals surface area contributed by atoms with Crippen LogP contribution in [0.3, 0.4) is 0 Å². The summed E-state index contributed by atoms with van der Waals surface area (Å²) in [5.41, 5.74) is 0. The summed E-state index contributed by atoms with van der Waals surface area (Å²) in [4.78, 5) is 14.2. The maximum atomic E-state index is 12.2. The van der Waals surface area contributed by atoms with E-state index < -0.39 is 0 Å². The van der Waals surface area contributed by atoms with Crippen molar-refractivity contribution >= 4 is 6.03 Å². The van der Waals surface area contributed by atoms with Gasteiger partial charge in [-0.2, -0.15) is 0 Å². The fourth-order valence-electron chi connectivity index (χ4n) is 3.28. The Hall–Kier alpha value is -0.810. The largest absolute Gasteiger partial charge is 0.382 e. The van der Waals surface area contributed by atoms with Gasteiger partial charge in [-0.25, -0.2) is 4.79 Å². The standard InChI is InChI=1S/C15H28N2O3/c1-19-10-14(11-20-2)16-15(18)17-8-6-13(7-9-17)12-4-3-5-12/h12-14H,3-11H2,1-2H3,(H,16,18). The van der Waals surface area contributed by atoms with Gasteiger partial charge in [0.1, 0.15) is 0 Å². The van der Waals surface area contributed by atoms with Crippen LogP contribution >= 0.6 is 0 Å². The van der Waals surface area contributed by atoms with Crippen LogP contribution in [0.15, 0.2) is 0 Å². The van der Waals surface area contributed by atoms with Crippen LogP contribution in [0.4, 0.5) is 4.79 Å². The Balaban J connectivity index is 1.72. The van der Waals surface area contributed by atoms with Gasteiger partial charge in [0, 0.05) is 27.3 Å². The second kappa shape index (κ2) is 7.84. The summed E-state index contributed by atoms with van der Waals surface area (Å²) in [5, 5.41) is 3.00. The van der Waals surface area contributed by atoms with Crippen LogP contribution < -0.4 is 5.32 Å². The molecule has 0 aromatic rings. The molecule has 20 heavy (non-hydrogen) atoms. The summed E-state index contributed by atoms with van der Waals surface area (Å²) < 4.78 is 10.2. The number of methoxy groups -OCH3 is 2. The second-order valence-electron chi connectivity index (χ2n) is 6.07. The molecular formula is C15H28N2O3. The fraction of sp³-hybridized carbons (Fsp3) is 0.933. The molecule has 0 spiro atoms. The molecule has 0 aromatic heterocycles. The predicted octanol–water partition coefficient (Wildman–Crippen LogP) is 1.87. The Kier molecular flexibility index (Phi) is 6.10. The number of likely N-dealkylation sites (tertiary alicyclic amines) is 1. The number of urea groups is 1. The van der Waals surface area contributed by atoms with E-state index in [-0.39, 0.29) is 12.1 Å². The van der Waals surface area contributed by atoms with Gasteiger partial charge in [0.2, 0.25) is 0 Å². The SMILES string of the molecule is COCC(COC)NC(=O)N1CCC(C2CCC2)CC1. The first-order chi connectivity index (χ1) is 9.74.